The Hall–Kier alpha value is -1.54. The molecule has 98 valence electrons. The van der Waals surface area contributed by atoms with Gasteiger partial charge in [0, 0.05) is 5.56 Å². The Morgan fingerprint density at radius 3 is 2.61 bits per heavy atom. The van der Waals surface area contributed by atoms with Crippen LogP contribution in [0.3, 0.4) is 0 Å². The van der Waals surface area contributed by atoms with Gasteiger partial charge in [-0.2, -0.15) is 0 Å². The highest BCUT2D eigenvalue weighted by Crippen LogP contribution is 2.28. The molecule has 18 heavy (non-hydrogen) atoms. The van der Waals surface area contributed by atoms with Crippen molar-refractivity contribution in [2.24, 2.45) is 0 Å². The molecule has 0 bridgehead atoms. The number of rotatable bonds is 9. The number of aliphatic hydroxyl groups excluding tert-OH is 1. The third kappa shape index (κ3) is 4.76. The number of ether oxygens (including phenoxy) is 1. The van der Waals surface area contributed by atoms with Crippen molar-refractivity contribution in [1.29, 1.82) is 0 Å². The molecule has 1 atom stereocenters. The van der Waals surface area contributed by atoms with Crippen LogP contribution in [0.25, 0.3) is 0 Å². The van der Waals surface area contributed by atoms with E-state index in [1.54, 1.807) is 0 Å². The molecular weight excluding hydrogens is 224 g/mol. The van der Waals surface area contributed by atoms with Gasteiger partial charge in [0.15, 0.2) is 0 Å². The Bertz CT molecular complexity index is 371. The van der Waals surface area contributed by atoms with Gasteiger partial charge in [-0.15, -0.1) is 13.2 Å². The molecule has 2 nitrogen and oxygen atoms in total. The van der Waals surface area contributed by atoms with Crippen LogP contribution >= 0.6 is 0 Å². The van der Waals surface area contributed by atoms with Crippen molar-refractivity contribution in [3.05, 3.63) is 55.1 Å². The number of unbranched alkanes of at least 4 members (excludes halogenated alkanes) is 1. The SMILES string of the molecule is C=CCCCC(O)c1ccccc1OCCC=C. The van der Waals surface area contributed by atoms with E-state index < -0.39 is 6.10 Å². The predicted molar refractivity (Wildman–Crippen MR) is 75.8 cm³/mol. The number of benzene rings is 1. The van der Waals surface area contributed by atoms with Crippen LogP contribution in [0.15, 0.2) is 49.6 Å². The molecule has 1 aromatic rings. The first kappa shape index (κ1) is 14.5. The van der Waals surface area contributed by atoms with Crippen LogP contribution in [0.1, 0.15) is 37.4 Å². The summed E-state index contributed by atoms with van der Waals surface area (Å²) in [6.45, 7) is 7.94. The Kier molecular flexibility index (Phi) is 6.89. The quantitative estimate of drug-likeness (QED) is 0.526. The first-order valence-electron chi connectivity index (χ1n) is 6.41. The van der Waals surface area contributed by atoms with E-state index in [0.717, 1.165) is 37.0 Å². The molecule has 1 N–H and O–H groups in total. The van der Waals surface area contributed by atoms with Crippen molar-refractivity contribution in [3.8, 4) is 5.75 Å². The van der Waals surface area contributed by atoms with Crippen LogP contribution in [0, 0.1) is 0 Å². The first-order valence-corrected chi connectivity index (χ1v) is 6.41. The lowest BCUT2D eigenvalue weighted by atomic mass is 10.0. The van der Waals surface area contributed by atoms with Gasteiger partial charge in [0.1, 0.15) is 5.75 Å². The van der Waals surface area contributed by atoms with E-state index >= 15 is 0 Å². The van der Waals surface area contributed by atoms with Crippen molar-refractivity contribution < 1.29 is 9.84 Å². The Balaban J connectivity index is 2.61. The highest BCUT2D eigenvalue weighted by atomic mass is 16.5. The summed E-state index contributed by atoms with van der Waals surface area (Å²) in [5.74, 6) is 0.769. The van der Waals surface area contributed by atoms with Gasteiger partial charge in [-0.3, -0.25) is 0 Å². The third-order valence-corrected chi connectivity index (χ3v) is 2.74. The summed E-state index contributed by atoms with van der Waals surface area (Å²) in [4.78, 5) is 0. The number of allylic oxidation sites excluding steroid dienone is 1. The average molecular weight is 246 g/mol. The second-order valence-electron chi connectivity index (χ2n) is 4.20. The fourth-order valence-electron chi connectivity index (χ4n) is 1.75. The van der Waals surface area contributed by atoms with Crippen molar-refractivity contribution in [2.75, 3.05) is 6.61 Å². The van der Waals surface area contributed by atoms with E-state index in [-0.39, 0.29) is 0 Å². The fourth-order valence-corrected chi connectivity index (χ4v) is 1.75. The van der Waals surface area contributed by atoms with Crippen LogP contribution in [-0.4, -0.2) is 11.7 Å². The molecule has 0 fully saturated rings. The number of aliphatic hydroxyl groups is 1. The maximum absolute atomic E-state index is 10.2. The molecule has 0 aliphatic heterocycles. The topological polar surface area (TPSA) is 29.5 Å². The van der Waals surface area contributed by atoms with Gasteiger partial charge in [-0.05, 0) is 31.7 Å². The third-order valence-electron chi connectivity index (χ3n) is 2.74. The van der Waals surface area contributed by atoms with E-state index in [0.29, 0.717) is 6.61 Å². The summed E-state index contributed by atoms with van der Waals surface area (Å²) >= 11 is 0. The second kappa shape index (κ2) is 8.54. The number of hydrogen-bond acceptors (Lipinski definition) is 2. The van der Waals surface area contributed by atoms with Gasteiger partial charge in [0.05, 0.1) is 12.7 Å². The van der Waals surface area contributed by atoms with E-state index in [9.17, 15) is 5.11 Å². The van der Waals surface area contributed by atoms with Gasteiger partial charge in [0.2, 0.25) is 0 Å². The molecule has 0 aromatic heterocycles. The summed E-state index contributed by atoms with van der Waals surface area (Å²) in [5, 5.41) is 10.2. The minimum absolute atomic E-state index is 0.468. The summed E-state index contributed by atoms with van der Waals surface area (Å²) in [6.07, 6.45) is 6.63. The Morgan fingerprint density at radius 2 is 1.89 bits per heavy atom. The Morgan fingerprint density at radius 1 is 1.17 bits per heavy atom. The monoisotopic (exact) mass is 246 g/mol. The highest BCUT2D eigenvalue weighted by molar-refractivity contribution is 5.35. The van der Waals surface area contributed by atoms with Gasteiger partial charge in [-0.1, -0.05) is 30.4 Å². The van der Waals surface area contributed by atoms with Crippen LogP contribution in [0.4, 0.5) is 0 Å². The molecule has 1 aromatic carbocycles. The lowest BCUT2D eigenvalue weighted by Gasteiger charge is -2.15. The lowest BCUT2D eigenvalue weighted by molar-refractivity contribution is 0.159. The van der Waals surface area contributed by atoms with Gasteiger partial charge in [0.25, 0.3) is 0 Å². The average Bonchev–Trinajstić information content (AvgIpc) is 2.40. The lowest BCUT2D eigenvalue weighted by Crippen LogP contribution is -2.03. The van der Waals surface area contributed by atoms with E-state index in [1.807, 2.05) is 36.4 Å². The van der Waals surface area contributed by atoms with Crippen LogP contribution < -0.4 is 4.74 Å². The molecule has 0 aliphatic rings. The molecular formula is C16H22O2. The zero-order chi connectivity index (χ0) is 13.2. The van der Waals surface area contributed by atoms with Crippen LogP contribution in [0.2, 0.25) is 0 Å². The fraction of sp³-hybridized carbons (Fsp3) is 0.375. The number of hydrogen-bond donors (Lipinski definition) is 1. The molecule has 0 spiro atoms. The minimum Gasteiger partial charge on any atom is -0.493 e. The summed E-state index contributed by atoms with van der Waals surface area (Å²) in [7, 11) is 0. The molecule has 1 unspecified atom stereocenters. The van der Waals surface area contributed by atoms with Crippen LogP contribution in [-0.2, 0) is 0 Å². The Labute approximate surface area is 110 Å². The van der Waals surface area contributed by atoms with E-state index in [1.165, 1.54) is 0 Å². The molecule has 0 saturated heterocycles. The summed E-state index contributed by atoms with van der Waals surface area (Å²) in [5.41, 5.74) is 0.866. The molecule has 1 rings (SSSR count). The highest BCUT2D eigenvalue weighted by Gasteiger charge is 2.12. The normalized spacial score (nSPS) is 11.8. The van der Waals surface area contributed by atoms with E-state index in [2.05, 4.69) is 13.2 Å². The molecule has 0 saturated carbocycles. The van der Waals surface area contributed by atoms with Gasteiger partial charge < -0.3 is 9.84 Å². The first-order chi connectivity index (χ1) is 8.79. The molecule has 0 amide bonds. The van der Waals surface area contributed by atoms with Crippen molar-refractivity contribution >= 4 is 0 Å². The largest absolute Gasteiger partial charge is 0.493 e. The molecule has 2 heteroatoms. The van der Waals surface area contributed by atoms with Crippen LogP contribution in [0.5, 0.6) is 5.75 Å². The maximum Gasteiger partial charge on any atom is 0.125 e. The van der Waals surface area contributed by atoms with Crippen molar-refractivity contribution in [2.45, 2.75) is 31.8 Å². The zero-order valence-electron chi connectivity index (χ0n) is 10.8. The molecule has 0 aliphatic carbocycles. The summed E-state index contributed by atoms with van der Waals surface area (Å²) in [6, 6.07) is 7.66. The van der Waals surface area contributed by atoms with Gasteiger partial charge in [-0.25, -0.2) is 0 Å². The zero-order valence-corrected chi connectivity index (χ0v) is 10.8. The predicted octanol–water partition coefficient (Wildman–Crippen LogP) is 4.03. The maximum atomic E-state index is 10.2. The standard InChI is InChI=1S/C16H22O2/c1-3-5-7-11-15(17)14-10-8-9-12-16(14)18-13-6-4-2/h3-4,8-10,12,15,17H,1-2,5-7,11,13H2. The summed E-state index contributed by atoms with van der Waals surface area (Å²) < 4.78 is 5.65. The van der Waals surface area contributed by atoms with Crippen molar-refractivity contribution in [1.82, 2.24) is 0 Å². The second-order valence-corrected chi connectivity index (χ2v) is 4.20. The number of para-hydroxylation sites is 1. The smallest absolute Gasteiger partial charge is 0.125 e. The molecule has 0 radical (unpaired) electrons. The molecule has 0 heterocycles. The minimum atomic E-state index is -0.468. The van der Waals surface area contributed by atoms with E-state index in [4.69, 9.17) is 4.74 Å². The van der Waals surface area contributed by atoms with Crippen molar-refractivity contribution in [3.63, 3.8) is 0 Å². The van der Waals surface area contributed by atoms with Gasteiger partial charge >= 0.3 is 0 Å².